The van der Waals surface area contributed by atoms with Crippen LogP contribution >= 0.6 is 0 Å². The molecular weight excluding hydrogens is 300 g/mol. The number of unbranched alkanes of at least 4 members (excludes halogenated alkanes) is 6. The van der Waals surface area contributed by atoms with Crippen molar-refractivity contribution in [2.45, 2.75) is 64.8 Å². The molecule has 0 N–H and O–H groups in total. The second-order valence-electron chi connectivity index (χ2n) is 5.19. The van der Waals surface area contributed by atoms with Gasteiger partial charge >= 0.3 is 14.8 Å². The highest BCUT2D eigenvalue weighted by Crippen LogP contribution is 2.19. The van der Waals surface area contributed by atoms with Crippen LogP contribution in [-0.2, 0) is 22.8 Å². The van der Waals surface area contributed by atoms with Crippen LogP contribution in [0.25, 0.3) is 0 Å². The lowest BCUT2D eigenvalue weighted by atomic mass is 10.1. The van der Waals surface area contributed by atoms with Crippen molar-refractivity contribution in [3.8, 4) is 0 Å². The molecule has 0 radical (unpaired) electrons. The molecule has 0 aromatic rings. The summed E-state index contributed by atoms with van der Waals surface area (Å²) in [6.45, 7) is 3.84. The first-order valence-corrected chi connectivity index (χ1v) is 10.1. The SMILES string of the molecule is CC=CC(=O)OCO[Si](CCCCCCCCC)(OC)OC. The summed E-state index contributed by atoms with van der Waals surface area (Å²) < 4.78 is 21.5. The van der Waals surface area contributed by atoms with Crippen LogP contribution in [0.3, 0.4) is 0 Å². The first-order valence-electron chi connectivity index (χ1n) is 8.17. The molecule has 0 saturated carbocycles. The first kappa shape index (κ1) is 21.3. The van der Waals surface area contributed by atoms with Crippen molar-refractivity contribution < 1.29 is 22.8 Å². The minimum Gasteiger partial charge on any atom is -0.436 e. The summed E-state index contributed by atoms with van der Waals surface area (Å²) in [5.41, 5.74) is 0. The standard InChI is InChI=1S/C16H32O5Si/c1-5-7-8-9-10-11-12-14-22(18-3,19-4)21-15-20-16(17)13-6-2/h6,13H,5,7-12,14-15H2,1-4H3. The van der Waals surface area contributed by atoms with Gasteiger partial charge in [-0.3, -0.25) is 0 Å². The zero-order chi connectivity index (χ0) is 16.7. The van der Waals surface area contributed by atoms with E-state index in [1.54, 1.807) is 27.2 Å². The van der Waals surface area contributed by atoms with Gasteiger partial charge < -0.3 is 18.0 Å². The topological polar surface area (TPSA) is 54.0 Å². The summed E-state index contributed by atoms with van der Waals surface area (Å²) in [5, 5.41) is 0. The fourth-order valence-electron chi connectivity index (χ4n) is 2.14. The smallest absolute Gasteiger partial charge is 0.436 e. The Hall–Kier alpha value is -0.693. The van der Waals surface area contributed by atoms with Crippen LogP contribution in [0, 0.1) is 0 Å². The lowest BCUT2D eigenvalue weighted by molar-refractivity contribution is -0.146. The summed E-state index contributed by atoms with van der Waals surface area (Å²) >= 11 is 0. The molecule has 0 atom stereocenters. The van der Waals surface area contributed by atoms with E-state index < -0.39 is 14.8 Å². The van der Waals surface area contributed by atoms with Crippen LogP contribution in [0.5, 0.6) is 0 Å². The fourth-order valence-corrected chi connectivity index (χ4v) is 4.01. The molecule has 0 saturated heterocycles. The Kier molecular flexibility index (Phi) is 13.5. The highest BCUT2D eigenvalue weighted by molar-refractivity contribution is 6.60. The first-order chi connectivity index (χ1) is 10.6. The Labute approximate surface area is 136 Å². The van der Waals surface area contributed by atoms with Gasteiger partial charge in [-0.05, 0) is 13.3 Å². The van der Waals surface area contributed by atoms with E-state index >= 15 is 0 Å². The zero-order valence-corrected chi connectivity index (χ0v) is 15.6. The van der Waals surface area contributed by atoms with Gasteiger partial charge in [0.05, 0.1) is 0 Å². The molecule has 0 aromatic carbocycles. The molecule has 0 amide bonds. The normalized spacial score (nSPS) is 12.0. The van der Waals surface area contributed by atoms with Crippen molar-refractivity contribution in [2.24, 2.45) is 0 Å². The monoisotopic (exact) mass is 332 g/mol. The second kappa shape index (κ2) is 13.9. The Balaban J connectivity index is 3.97. The van der Waals surface area contributed by atoms with Gasteiger partial charge in [-0.2, -0.15) is 0 Å². The third-order valence-corrected chi connectivity index (χ3v) is 6.26. The molecule has 0 aliphatic heterocycles. The summed E-state index contributed by atoms with van der Waals surface area (Å²) in [6, 6.07) is 0.745. The molecule has 0 aliphatic carbocycles. The lowest BCUT2D eigenvalue weighted by Crippen LogP contribution is -2.44. The quantitative estimate of drug-likeness (QED) is 0.158. The highest BCUT2D eigenvalue weighted by atomic mass is 28.4. The minimum absolute atomic E-state index is 0.131. The molecule has 0 heterocycles. The Morgan fingerprint density at radius 3 is 2.14 bits per heavy atom. The van der Waals surface area contributed by atoms with E-state index in [-0.39, 0.29) is 6.79 Å². The van der Waals surface area contributed by atoms with Crippen molar-refractivity contribution in [1.82, 2.24) is 0 Å². The van der Waals surface area contributed by atoms with Crippen LogP contribution < -0.4 is 0 Å². The molecule has 0 aromatic heterocycles. The second-order valence-corrected chi connectivity index (χ2v) is 8.16. The van der Waals surface area contributed by atoms with Gasteiger partial charge in [-0.25, -0.2) is 4.79 Å². The minimum atomic E-state index is -2.71. The number of ether oxygens (including phenoxy) is 1. The predicted octanol–water partition coefficient (Wildman–Crippen LogP) is 4.06. The zero-order valence-electron chi connectivity index (χ0n) is 14.6. The number of rotatable bonds is 14. The highest BCUT2D eigenvalue weighted by Gasteiger charge is 2.38. The number of carbonyl (C=O) groups is 1. The fraction of sp³-hybridized carbons (Fsp3) is 0.812. The molecule has 0 unspecified atom stereocenters. The maximum Gasteiger partial charge on any atom is 0.502 e. The molecular formula is C16H32O5Si. The summed E-state index contributed by atoms with van der Waals surface area (Å²) in [7, 11) is 0.466. The Morgan fingerprint density at radius 1 is 1.00 bits per heavy atom. The average Bonchev–Trinajstić information content (AvgIpc) is 2.52. The van der Waals surface area contributed by atoms with E-state index in [1.165, 1.54) is 38.2 Å². The molecule has 5 nitrogen and oxygen atoms in total. The van der Waals surface area contributed by atoms with E-state index in [1.807, 2.05) is 0 Å². The van der Waals surface area contributed by atoms with Crippen LogP contribution in [0.2, 0.25) is 6.04 Å². The largest absolute Gasteiger partial charge is 0.502 e. The van der Waals surface area contributed by atoms with Crippen molar-refractivity contribution in [3.63, 3.8) is 0 Å². The van der Waals surface area contributed by atoms with Crippen molar-refractivity contribution in [1.29, 1.82) is 0 Å². The molecule has 0 rings (SSSR count). The van der Waals surface area contributed by atoms with Gasteiger partial charge in [0.1, 0.15) is 0 Å². The van der Waals surface area contributed by atoms with Crippen molar-refractivity contribution in [2.75, 3.05) is 21.0 Å². The predicted molar refractivity (Wildman–Crippen MR) is 89.4 cm³/mol. The van der Waals surface area contributed by atoms with Crippen molar-refractivity contribution >= 4 is 14.8 Å². The van der Waals surface area contributed by atoms with Gasteiger partial charge in [0.25, 0.3) is 0 Å². The molecule has 0 spiro atoms. The van der Waals surface area contributed by atoms with Crippen LogP contribution in [0.4, 0.5) is 0 Å². The van der Waals surface area contributed by atoms with E-state index in [2.05, 4.69) is 6.92 Å². The third-order valence-electron chi connectivity index (χ3n) is 3.49. The maximum atomic E-state index is 11.2. The molecule has 130 valence electrons. The number of allylic oxidation sites excluding steroid dienone is 1. The van der Waals surface area contributed by atoms with Gasteiger partial charge in [0.2, 0.25) is 0 Å². The molecule has 22 heavy (non-hydrogen) atoms. The van der Waals surface area contributed by atoms with E-state index in [0.29, 0.717) is 0 Å². The summed E-state index contributed by atoms with van der Waals surface area (Å²) in [5.74, 6) is -0.423. The van der Waals surface area contributed by atoms with E-state index in [4.69, 9.17) is 18.0 Å². The van der Waals surface area contributed by atoms with Gasteiger partial charge in [0, 0.05) is 26.3 Å². The Bertz CT molecular complexity index is 303. The van der Waals surface area contributed by atoms with Crippen LogP contribution in [0.1, 0.15) is 58.8 Å². The van der Waals surface area contributed by atoms with E-state index in [9.17, 15) is 4.79 Å². The van der Waals surface area contributed by atoms with Gasteiger partial charge in [-0.15, -0.1) is 0 Å². The average molecular weight is 333 g/mol. The lowest BCUT2D eigenvalue weighted by Gasteiger charge is -2.26. The Morgan fingerprint density at radius 2 is 1.59 bits per heavy atom. The molecule has 0 fully saturated rings. The summed E-state index contributed by atoms with van der Waals surface area (Å²) in [4.78, 5) is 11.2. The molecule has 6 heteroatoms. The number of esters is 1. The van der Waals surface area contributed by atoms with E-state index in [0.717, 1.165) is 18.9 Å². The molecule has 0 bridgehead atoms. The van der Waals surface area contributed by atoms with Gasteiger partial charge in [-0.1, -0.05) is 51.5 Å². The maximum absolute atomic E-state index is 11.2. The molecule has 0 aliphatic rings. The van der Waals surface area contributed by atoms with Crippen LogP contribution in [0.15, 0.2) is 12.2 Å². The van der Waals surface area contributed by atoms with Crippen molar-refractivity contribution in [3.05, 3.63) is 12.2 Å². The van der Waals surface area contributed by atoms with Crippen LogP contribution in [-0.4, -0.2) is 35.8 Å². The summed E-state index contributed by atoms with van der Waals surface area (Å²) in [6.07, 6.45) is 11.5. The number of hydrogen-bond donors (Lipinski definition) is 0. The van der Waals surface area contributed by atoms with Gasteiger partial charge in [0.15, 0.2) is 6.79 Å². The number of carbonyl (C=O) groups excluding carboxylic acids is 1. The number of hydrogen-bond acceptors (Lipinski definition) is 5. The third kappa shape index (κ3) is 10.1.